The van der Waals surface area contributed by atoms with E-state index in [-0.39, 0.29) is 131 Å². The summed E-state index contributed by atoms with van der Waals surface area (Å²) in [6.07, 6.45) is 0.303. The zero-order chi connectivity index (χ0) is 89.7. The topological polar surface area (TPSA) is 236 Å². The molecule has 0 unspecified atom stereocenters. The van der Waals surface area contributed by atoms with Crippen LogP contribution in [0.25, 0.3) is 0 Å². The molecule has 0 saturated heterocycles. The van der Waals surface area contributed by atoms with Crippen LogP contribution in [-0.2, 0) is 104 Å². The Morgan fingerprint density at radius 3 is 0.431 bits per heavy atom. The van der Waals surface area contributed by atoms with Gasteiger partial charge in [0.05, 0.1) is 0 Å². The Bertz CT molecular complexity index is 6430. The summed E-state index contributed by atoms with van der Waals surface area (Å²) >= 11 is 0. The van der Waals surface area contributed by atoms with Gasteiger partial charge in [-0.25, -0.2) is 0 Å². The van der Waals surface area contributed by atoms with Gasteiger partial charge < -0.3 is 78.7 Å². The SMILES string of the molecule is CCc1cc(OCc2ccccc2)cc(Cc2cc(OCc3ccccc3)cc(Cc3cc(OCc4ccccc4)cc(Cc4cc(OCc5ccccc5)cc(Cc5cc(OCc6ccccc6)cc(Cc6cc(OCc7ccccc7)cc(Cc7cc(OCc8ccccc8)cc(Cc8cc(OCc9ccccc9)cc(C)c8O)c7O)c6O)c5O)c4O)c3O)c2O)c1O. The molecule has 0 saturated carbocycles. The molecular weight excluding hydrogens is 1630 g/mol. The molecule has 16 rings (SSSR count). The third kappa shape index (κ3) is 22.9. The maximum atomic E-state index is 13.2. The summed E-state index contributed by atoms with van der Waals surface area (Å²) < 4.78 is 52.4. The molecule has 0 amide bonds. The third-order valence-corrected chi connectivity index (χ3v) is 23.1. The molecule has 16 nitrogen and oxygen atoms in total. The van der Waals surface area contributed by atoms with E-state index in [1.165, 1.54) is 0 Å². The predicted molar refractivity (Wildman–Crippen MR) is 505 cm³/mol. The van der Waals surface area contributed by atoms with Gasteiger partial charge in [-0.3, -0.25) is 0 Å². The number of hydrogen-bond acceptors (Lipinski definition) is 16. The lowest BCUT2D eigenvalue weighted by molar-refractivity contribution is 0.304. The first-order valence-electron chi connectivity index (χ1n) is 43.6. The molecule has 0 atom stereocenters. The van der Waals surface area contributed by atoms with Crippen molar-refractivity contribution >= 4 is 0 Å². The second-order valence-corrected chi connectivity index (χ2v) is 32.7. The highest BCUT2D eigenvalue weighted by atomic mass is 16.5. The van der Waals surface area contributed by atoms with Crippen molar-refractivity contribution in [2.75, 3.05) is 0 Å². The zero-order valence-corrected chi connectivity index (χ0v) is 72.5. The van der Waals surface area contributed by atoms with E-state index in [4.69, 9.17) is 37.9 Å². The molecule has 0 radical (unpaired) electrons. The number of rotatable bonds is 39. The molecule has 0 aromatic heterocycles. The number of aryl methyl sites for hydroxylation is 2. The highest BCUT2D eigenvalue weighted by molar-refractivity contribution is 5.62. The van der Waals surface area contributed by atoms with E-state index in [0.717, 1.165) is 44.5 Å². The van der Waals surface area contributed by atoms with Crippen LogP contribution in [-0.4, -0.2) is 40.9 Å². The Balaban J connectivity index is 0.767. The summed E-state index contributed by atoms with van der Waals surface area (Å²) in [7, 11) is 0. The van der Waals surface area contributed by atoms with Crippen molar-refractivity contribution in [2.45, 2.75) is 118 Å². The largest absolute Gasteiger partial charge is 0.507 e. The lowest BCUT2D eigenvalue weighted by atomic mass is 9.91. The molecular formula is C114H102O16. The molecule has 0 bridgehead atoms. The van der Waals surface area contributed by atoms with Gasteiger partial charge in [-0.1, -0.05) is 250 Å². The van der Waals surface area contributed by atoms with Gasteiger partial charge >= 0.3 is 0 Å². The molecule has 0 aliphatic carbocycles. The first-order chi connectivity index (χ1) is 63.5. The first kappa shape index (κ1) is 87.8. The van der Waals surface area contributed by atoms with E-state index in [1.54, 1.807) is 97.9 Å². The Kier molecular flexibility index (Phi) is 28.4. The highest BCUT2D eigenvalue weighted by Crippen LogP contribution is 2.46. The fraction of sp³-hybridized carbons (Fsp3) is 0.158. The smallest absolute Gasteiger partial charge is 0.122 e. The minimum Gasteiger partial charge on any atom is -0.507 e. The van der Waals surface area contributed by atoms with Gasteiger partial charge in [0.25, 0.3) is 0 Å². The number of phenols is 8. The van der Waals surface area contributed by atoms with Crippen LogP contribution in [0.1, 0.15) is 140 Å². The molecule has 16 aromatic rings. The minimum absolute atomic E-state index is 0.0416. The van der Waals surface area contributed by atoms with Crippen LogP contribution in [0.5, 0.6) is 92.0 Å². The molecule has 8 N–H and O–H groups in total. The summed E-state index contributed by atoms with van der Waals surface area (Å²) in [5, 5.41) is 101. The minimum atomic E-state index is -0.158. The van der Waals surface area contributed by atoms with Gasteiger partial charge in [0.15, 0.2) is 0 Å². The summed E-state index contributed by atoms with van der Waals surface area (Å²) in [5.41, 5.74) is 14.2. The summed E-state index contributed by atoms with van der Waals surface area (Å²) in [6, 6.07) is 106. The van der Waals surface area contributed by atoms with Crippen molar-refractivity contribution < 1.29 is 78.7 Å². The van der Waals surface area contributed by atoms with Crippen LogP contribution in [0, 0.1) is 6.92 Å². The molecule has 0 fully saturated rings. The number of aromatic hydroxyl groups is 8. The zero-order valence-electron chi connectivity index (χ0n) is 72.5. The van der Waals surface area contributed by atoms with Gasteiger partial charge in [-0.15, -0.1) is 0 Å². The van der Waals surface area contributed by atoms with E-state index in [1.807, 2.05) is 256 Å². The molecule has 0 aliphatic rings. The van der Waals surface area contributed by atoms with Crippen molar-refractivity contribution in [1.82, 2.24) is 0 Å². The van der Waals surface area contributed by atoms with Crippen LogP contribution < -0.4 is 37.9 Å². The second-order valence-electron chi connectivity index (χ2n) is 32.7. The molecule has 654 valence electrons. The van der Waals surface area contributed by atoms with Crippen molar-refractivity contribution in [1.29, 1.82) is 0 Å². The average Bonchev–Trinajstić information content (AvgIpc) is 0.783. The molecule has 0 spiro atoms. The lowest BCUT2D eigenvalue weighted by Crippen LogP contribution is -2.04. The summed E-state index contributed by atoms with van der Waals surface area (Å²) in [4.78, 5) is 0. The maximum Gasteiger partial charge on any atom is 0.122 e. The van der Waals surface area contributed by atoms with Crippen LogP contribution >= 0.6 is 0 Å². The molecule has 16 heteroatoms. The second kappa shape index (κ2) is 42.1. The van der Waals surface area contributed by atoms with Crippen LogP contribution in [0.3, 0.4) is 0 Å². The number of hydrogen-bond donors (Lipinski definition) is 8. The van der Waals surface area contributed by atoms with E-state index in [9.17, 15) is 40.9 Å². The van der Waals surface area contributed by atoms with E-state index in [2.05, 4.69) is 0 Å². The number of phenolic OH excluding ortho intramolecular Hbond substituents is 8. The van der Waals surface area contributed by atoms with E-state index in [0.29, 0.717) is 155 Å². The van der Waals surface area contributed by atoms with E-state index < -0.39 is 0 Å². The Labute approximate surface area is 757 Å². The lowest BCUT2D eigenvalue weighted by Gasteiger charge is -2.20. The van der Waals surface area contributed by atoms with Crippen molar-refractivity contribution in [3.05, 3.63) is 473 Å². The molecule has 130 heavy (non-hydrogen) atoms. The quantitative estimate of drug-likeness (QED) is 0.0179. The number of benzene rings is 16. The van der Waals surface area contributed by atoms with Gasteiger partial charge in [0.1, 0.15) is 145 Å². The van der Waals surface area contributed by atoms with Crippen molar-refractivity contribution in [3.63, 3.8) is 0 Å². The monoisotopic (exact) mass is 1730 g/mol. The van der Waals surface area contributed by atoms with Crippen molar-refractivity contribution in [2.24, 2.45) is 0 Å². The Morgan fingerprint density at radius 2 is 0.285 bits per heavy atom. The van der Waals surface area contributed by atoms with Gasteiger partial charge in [0.2, 0.25) is 0 Å². The number of ether oxygens (including phenoxy) is 8. The van der Waals surface area contributed by atoms with Crippen molar-refractivity contribution in [3.8, 4) is 92.0 Å². The summed E-state index contributed by atoms with van der Waals surface area (Å²) in [6.45, 7) is 5.38. The van der Waals surface area contributed by atoms with E-state index >= 15 is 0 Å². The normalized spacial score (nSPS) is 11.1. The molecule has 0 heterocycles. The molecule has 16 aromatic carbocycles. The summed E-state index contributed by atoms with van der Waals surface area (Å²) in [5.74, 6) is 2.86. The fourth-order valence-corrected chi connectivity index (χ4v) is 16.1. The Hall–Kier alpha value is -15.7. The van der Waals surface area contributed by atoms with Crippen LogP contribution in [0.2, 0.25) is 0 Å². The van der Waals surface area contributed by atoms with Gasteiger partial charge in [-0.05, 0) is 166 Å². The van der Waals surface area contributed by atoms with Crippen LogP contribution in [0.15, 0.2) is 340 Å². The average molecular weight is 1730 g/mol. The fourth-order valence-electron chi connectivity index (χ4n) is 16.1. The van der Waals surface area contributed by atoms with Crippen LogP contribution in [0.4, 0.5) is 0 Å². The highest BCUT2D eigenvalue weighted by Gasteiger charge is 2.26. The predicted octanol–water partition coefficient (Wildman–Crippen LogP) is 24.0. The maximum absolute atomic E-state index is 13.2. The third-order valence-electron chi connectivity index (χ3n) is 23.1. The Morgan fingerprint density at radius 1 is 0.162 bits per heavy atom. The standard InChI is InChI=1S/C114H102O16/c1-3-84-52-100(124-68-77-30-14-5-15-31-77)54-86(108(84)116)46-88-56-102(126-70-79-34-18-7-19-35-79)58-90(110(88)118)48-92-60-104(128-72-81-38-22-9-23-39-81)62-94(112(92)120)50-96-64-106(130-74-83-42-26-11-27-43-83)66-98(114(96)122)51-97-65-105(129-73-82-40-24-10-25-41-82)63-95(113(97)121)49-93-61-103(127-71-80-36-20-8-21-37-80)59-91(111(93)119)47-89-57-101(125-69-78-32-16-6-17-33-78)55-87(109(89)117)45-85-53-99(44-75(2)107(85)115)123-67-76-28-12-4-13-29-76/h4-44,52-66,115-122H,3,45-51,67-74H2,1-2H3. The molecule has 0 aliphatic heterocycles. The van der Waals surface area contributed by atoms with Gasteiger partial charge in [0, 0.05) is 123 Å². The first-order valence-corrected chi connectivity index (χ1v) is 43.6. The van der Waals surface area contributed by atoms with Gasteiger partial charge in [-0.2, -0.15) is 0 Å².